The highest BCUT2D eigenvalue weighted by Crippen LogP contribution is 2.27. The maximum atomic E-state index is 11.6. The van der Waals surface area contributed by atoms with Crippen molar-refractivity contribution in [3.8, 4) is 0 Å². The molecule has 0 saturated carbocycles. The van der Waals surface area contributed by atoms with Crippen LogP contribution in [0.5, 0.6) is 0 Å². The van der Waals surface area contributed by atoms with Gasteiger partial charge in [0, 0.05) is 12.7 Å². The molecule has 0 radical (unpaired) electrons. The minimum atomic E-state index is -0.907. The largest absolute Gasteiger partial charge is 0.481 e. The Labute approximate surface area is 122 Å². The third-order valence-electron chi connectivity index (χ3n) is 3.56. The SMILES string of the molecule is CCCN(c1ncccc1C(N)=O)C1COCC1C(=O)O. The summed E-state index contributed by atoms with van der Waals surface area (Å²) in [5, 5.41) is 9.31. The first-order chi connectivity index (χ1) is 10.1. The van der Waals surface area contributed by atoms with Gasteiger partial charge in [0.25, 0.3) is 5.91 Å². The standard InChI is InChI=1S/C14H19N3O4/c1-2-6-17(11-8-21-7-10(11)14(19)20)13-9(12(15)18)4-3-5-16-13/h3-5,10-11H,2,6-8H2,1H3,(H2,15,18)(H,19,20). The van der Waals surface area contributed by atoms with Crippen molar-refractivity contribution in [2.75, 3.05) is 24.7 Å². The van der Waals surface area contributed by atoms with Crippen molar-refractivity contribution < 1.29 is 19.4 Å². The van der Waals surface area contributed by atoms with Crippen LogP contribution in [0.2, 0.25) is 0 Å². The van der Waals surface area contributed by atoms with Crippen LogP contribution in [-0.4, -0.2) is 47.8 Å². The molecule has 2 rings (SSSR count). The molecule has 1 aliphatic heterocycles. The average molecular weight is 293 g/mol. The number of nitrogens with zero attached hydrogens (tertiary/aromatic N) is 2. The quantitative estimate of drug-likeness (QED) is 0.791. The summed E-state index contributed by atoms with van der Waals surface area (Å²) in [4.78, 5) is 29.0. The van der Waals surface area contributed by atoms with Crippen molar-refractivity contribution in [2.24, 2.45) is 11.7 Å². The molecule has 7 heteroatoms. The number of carbonyl (C=O) groups is 2. The molecule has 0 spiro atoms. The number of hydrogen-bond donors (Lipinski definition) is 2. The van der Waals surface area contributed by atoms with Gasteiger partial charge in [-0.25, -0.2) is 4.98 Å². The van der Waals surface area contributed by atoms with E-state index in [1.54, 1.807) is 18.3 Å². The van der Waals surface area contributed by atoms with Crippen molar-refractivity contribution in [3.63, 3.8) is 0 Å². The number of rotatable bonds is 6. The number of pyridine rings is 1. The molecule has 1 aromatic rings. The number of carboxylic acid groups (broad SMARTS) is 1. The van der Waals surface area contributed by atoms with E-state index in [0.29, 0.717) is 24.5 Å². The number of carboxylic acids is 1. The van der Waals surface area contributed by atoms with E-state index in [1.165, 1.54) is 0 Å². The fraction of sp³-hybridized carbons (Fsp3) is 0.500. The molecular formula is C14H19N3O4. The number of hydrogen-bond acceptors (Lipinski definition) is 5. The van der Waals surface area contributed by atoms with E-state index < -0.39 is 17.8 Å². The summed E-state index contributed by atoms with van der Waals surface area (Å²) in [5.74, 6) is -1.70. The number of aromatic nitrogens is 1. The Balaban J connectivity index is 2.39. The van der Waals surface area contributed by atoms with Gasteiger partial charge in [0.15, 0.2) is 0 Å². The van der Waals surface area contributed by atoms with Crippen LogP contribution >= 0.6 is 0 Å². The Morgan fingerprint density at radius 1 is 1.52 bits per heavy atom. The molecule has 21 heavy (non-hydrogen) atoms. The lowest BCUT2D eigenvalue weighted by atomic mass is 10.0. The number of carbonyl (C=O) groups excluding carboxylic acids is 1. The summed E-state index contributed by atoms with van der Waals surface area (Å²) >= 11 is 0. The van der Waals surface area contributed by atoms with Gasteiger partial charge in [0.2, 0.25) is 0 Å². The number of nitrogens with two attached hydrogens (primary N) is 1. The van der Waals surface area contributed by atoms with E-state index in [2.05, 4.69) is 4.98 Å². The minimum Gasteiger partial charge on any atom is -0.481 e. The monoisotopic (exact) mass is 293 g/mol. The number of primary amides is 1. The summed E-state index contributed by atoms with van der Waals surface area (Å²) < 4.78 is 5.31. The van der Waals surface area contributed by atoms with Crippen LogP contribution in [0.1, 0.15) is 23.7 Å². The van der Waals surface area contributed by atoms with Gasteiger partial charge in [0.05, 0.1) is 24.8 Å². The zero-order valence-electron chi connectivity index (χ0n) is 11.9. The van der Waals surface area contributed by atoms with Crippen molar-refractivity contribution in [3.05, 3.63) is 23.9 Å². The minimum absolute atomic E-state index is 0.166. The third-order valence-corrected chi connectivity index (χ3v) is 3.56. The normalized spacial score (nSPS) is 21.2. The van der Waals surface area contributed by atoms with Crippen LogP contribution in [-0.2, 0) is 9.53 Å². The highest BCUT2D eigenvalue weighted by atomic mass is 16.5. The van der Waals surface area contributed by atoms with Gasteiger partial charge in [-0.2, -0.15) is 0 Å². The Morgan fingerprint density at radius 3 is 2.90 bits per heavy atom. The second-order valence-electron chi connectivity index (χ2n) is 4.98. The maximum absolute atomic E-state index is 11.6. The Hall–Kier alpha value is -2.15. The second-order valence-corrected chi connectivity index (χ2v) is 4.98. The molecule has 0 aliphatic carbocycles. The molecule has 114 valence electrons. The Kier molecular flexibility index (Phi) is 4.74. The molecule has 1 fully saturated rings. The number of ether oxygens (including phenoxy) is 1. The van der Waals surface area contributed by atoms with Crippen LogP contribution in [0.4, 0.5) is 5.82 Å². The molecule has 3 N–H and O–H groups in total. The first kappa shape index (κ1) is 15.2. The lowest BCUT2D eigenvalue weighted by Crippen LogP contribution is -2.45. The van der Waals surface area contributed by atoms with Gasteiger partial charge >= 0.3 is 5.97 Å². The topological polar surface area (TPSA) is 106 Å². The van der Waals surface area contributed by atoms with Crippen LogP contribution in [0.25, 0.3) is 0 Å². The Morgan fingerprint density at radius 2 is 2.29 bits per heavy atom. The lowest BCUT2D eigenvalue weighted by molar-refractivity contribution is -0.142. The first-order valence-electron chi connectivity index (χ1n) is 6.88. The van der Waals surface area contributed by atoms with Crippen LogP contribution in [0, 0.1) is 5.92 Å². The Bertz CT molecular complexity index is 535. The highest BCUT2D eigenvalue weighted by Gasteiger charge is 2.39. The van der Waals surface area contributed by atoms with Gasteiger partial charge in [-0.05, 0) is 18.6 Å². The average Bonchev–Trinajstić information content (AvgIpc) is 2.94. The molecule has 2 atom stereocenters. The zero-order chi connectivity index (χ0) is 15.4. The molecule has 1 saturated heterocycles. The summed E-state index contributed by atoms with van der Waals surface area (Å²) in [6, 6.07) is 2.88. The van der Waals surface area contributed by atoms with Crippen molar-refractivity contribution >= 4 is 17.7 Å². The molecular weight excluding hydrogens is 274 g/mol. The van der Waals surface area contributed by atoms with Gasteiger partial charge in [-0.1, -0.05) is 6.92 Å². The molecule has 1 aliphatic rings. The molecule has 7 nitrogen and oxygen atoms in total. The van der Waals surface area contributed by atoms with E-state index >= 15 is 0 Å². The summed E-state index contributed by atoms with van der Waals surface area (Å²) in [5.41, 5.74) is 5.68. The van der Waals surface area contributed by atoms with E-state index in [9.17, 15) is 14.7 Å². The van der Waals surface area contributed by atoms with E-state index in [4.69, 9.17) is 10.5 Å². The van der Waals surface area contributed by atoms with Crippen LogP contribution in [0.15, 0.2) is 18.3 Å². The summed E-state index contributed by atoms with van der Waals surface area (Å²) in [7, 11) is 0. The predicted octanol–water partition coefficient (Wildman–Crippen LogP) is 0.496. The maximum Gasteiger partial charge on any atom is 0.311 e. The van der Waals surface area contributed by atoms with E-state index in [0.717, 1.165) is 6.42 Å². The van der Waals surface area contributed by atoms with E-state index in [-0.39, 0.29) is 12.6 Å². The zero-order valence-corrected chi connectivity index (χ0v) is 11.9. The number of anilines is 1. The van der Waals surface area contributed by atoms with Gasteiger partial charge in [0.1, 0.15) is 11.7 Å². The molecule has 2 heterocycles. The van der Waals surface area contributed by atoms with Gasteiger partial charge < -0.3 is 20.5 Å². The molecule has 2 unspecified atom stereocenters. The third kappa shape index (κ3) is 3.13. The van der Waals surface area contributed by atoms with Crippen LogP contribution in [0.3, 0.4) is 0 Å². The van der Waals surface area contributed by atoms with Crippen LogP contribution < -0.4 is 10.6 Å². The predicted molar refractivity (Wildman–Crippen MR) is 76.1 cm³/mol. The fourth-order valence-electron chi connectivity index (χ4n) is 2.57. The fourth-order valence-corrected chi connectivity index (χ4v) is 2.57. The molecule has 1 amide bonds. The molecule has 0 bridgehead atoms. The summed E-state index contributed by atoms with van der Waals surface area (Å²) in [6.45, 7) is 3.02. The number of amides is 1. The van der Waals surface area contributed by atoms with Crippen molar-refractivity contribution in [2.45, 2.75) is 19.4 Å². The number of aliphatic carboxylic acids is 1. The smallest absolute Gasteiger partial charge is 0.311 e. The van der Waals surface area contributed by atoms with Gasteiger partial charge in [-0.3, -0.25) is 9.59 Å². The first-order valence-corrected chi connectivity index (χ1v) is 6.88. The second kappa shape index (κ2) is 6.53. The summed E-state index contributed by atoms with van der Waals surface area (Å²) in [6.07, 6.45) is 2.35. The van der Waals surface area contributed by atoms with Crippen molar-refractivity contribution in [1.82, 2.24) is 4.98 Å². The molecule has 1 aromatic heterocycles. The van der Waals surface area contributed by atoms with E-state index in [1.807, 2.05) is 11.8 Å². The highest BCUT2D eigenvalue weighted by molar-refractivity contribution is 5.97. The molecule has 0 aromatic carbocycles. The van der Waals surface area contributed by atoms with Gasteiger partial charge in [-0.15, -0.1) is 0 Å². The van der Waals surface area contributed by atoms with Crippen molar-refractivity contribution in [1.29, 1.82) is 0 Å². The lowest BCUT2D eigenvalue weighted by Gasteiger charge is -2.32.